The van der Waals surface area contributed by atoms with Gasteiger partial charge in [0.25, 0.3) is 0 Å². The van der Waals surface area contributed by atoms with Gasteiger partial charge in [-0.3, -0.25) is 4.79 Å². The number of carbonyl (C=O) groups excluding carboxylic acids is 1. The molecule has 1 atom stereocenters. The molecule has 1 amide bonds. The van der Waals surface area contributed by atoms with E-state index in [1.807, 2.05) is 48.2 Å². The first-order valence-electron chi connectivity index (χ1n) is 10.4. The van der Waals surface area contributed by atoms with Crippen LogP contribution in [0.25, 0.3) is 22.3 Å². The number of fused-ring (bicyclic) bond motifs is 1. The molecule has 1 aromatic heterocycles. The molecule has 3 aromatic rings. The third-order valence-corrected chi connectivity index (χ3v) is 6.49. The zero-order valence-electron chi connectivity index (χ0n) is 17.1. The Bertz CT molecular complexity index is 998. The highest BCUT2D eigenvalue weighted by atomic mass is 32.2. The lowest BCUT2D eigenvalue weighted by Gasteiger charge is -2.24. The van der Waals surface area contributed by atoms with Crippen molar-refractivity contribution in [2.45, 2.75) is 49.8 Å². The fourth-order valence-electron chi connectivity index (χ4n) is 3.79. The maximum absolute atomic E-state index is 13.1. The van der Waals surface area contributed by atoms with Crippen molar-refractivity contribution in [2.75, 3.05) is 13.1 Å². The first-order chi connectivity index (χ1) is 14.1. The predicted octanol–water partition coefficient (Wildman–Crippen LogP) is 5.49. The minimum absolute atomic E-state index is 0.171. The number of aryl methyl sites for hydroxylation is 1. The Morgan fingerprint density at radius 1 is 1.00 bits per heavy atom. The third-order valence-electron chi connectivity index (χ3n) is 5.40. The molecule has 1 aliphatic heterocycles. The van der Waals surface area contributed by atoms with Gasteiger partial charge >= 0.3 is 0 Å². The molecule has 0 aliphatic carbocycles. The van der Waals surface area contributed by atoms with E-state index in [2.05, 4.69) is 19.1 Å². The summed E-state index contributed by atoms with van der Waals surface area (Å²) < 4.78 is 0. The fourth-order valence-corrected chi connectivity index (χ4v) is 4.80. The summed E-state index contributed by atoms with van der Waals surface area (Å²) in [5, 5.41) is 1.73. The highest BCUT2D eigenvalue weighted by Crippen LogP contribution is 2.32. The van der Waals surface area contributed by atoms with Crippen LogP contribution in [0.15, 0.2) is 53.6 Å². The van der Waals surface area contributed by atoms with Crippen molar-refractivity contribution in [1.29, 1.82) is 0 Å². The van der Waals surface area contributed by atoms with Gasteiger partial charge in [-0.25, -0.2) is 9.97 Å². The lowest BCUT2D eigenvalue weighted by atomic mass is 10.1. The summed E-state index contributed by atoms with van der Waals surface area (Å²) in [5.41, 5.74) is 3.08. The molecule has 1 fully saturated rings. The molecule has 0 bridgehead atoms. The SMILES string of the molecule is Cc1ccc2nc(-c3ccccc3)nc(SC(C)C(=O)N3CCCCCC3)c2c1. The summed E-state index contributed by atoms with van der Waals surface area (Å²) in [4.78, 5) is 24.8. The zero-order valence-corrected chi connectivity index (χ0v) is 17.9. The Balaban J connectivity index is 1.67. The molecule has 1 saturated heterocycles. The van der Waals surface area contributed by atoms with Crippen LogP contribution in [0.3, 0.4) is 0 Å². The normalized spacial score (nSPS) is 15.9. The van der Waals surface area contributed by atoms with Gasteiger partial charge in [0.15, 0.2) is 5.82 Å². The minimum atomic E-state index is -0.171. The van der Waals surface area contributed by atoms with Gasteiger partial charge in [0.1, 0.15) is 5.03 Å². The number of carbonyl (C=O) groups is 1. The van der Waals surface area contributed by atoms with E-state index in [0.29, 0.717) is 5.82 Å². The van der Waals surface area contributed by atoms with Crippen LogP contribution in [0.4, 0.5) is 0 Å². The first kappa shape index (κ1) is 19.9. The van der Waals surface area contributed by atoms with Crippen molar-refractivity contribution in [2.24, 2.45) is 0 Å². The van der Waals surface area contributed by atoms with Crippen LogP contribution in [0.5, 0.6) is 0 Å². The van der Waals surface area contributed by atoms with E-state index in [0.717, 1.165) is 47.4 Å². The van der Waals surface area contributed by atoms with Crippen molar-refractivity contribution in [3.05, 3.63) is 54.1 Å². The Kier molecular flexibility index (Phi) is 6.14. The number of hydrogen-bond donors (Lipinski definition) is 0. The van der Waals surface area contributed by atoms with Gasteiger partial charge in [-0.15, -0.1) is 0 Å². The number of rotatable bonds is 4. The molecule has 0 N–H and O–H groups in total. The van der Waals surface area contributed by atoms with Gasteiger partial charge in [0, 0.05) is 24.0 Å². The minimum Gasteiger partial charge on any atom is -0.342 e. The molecule has 4 rings (SSSR count). The zero-order chi connectivity index (χ0) is 20.2. The highest BCUT2D eigenvalue weighted by molar-refractivity contribution is 8.00. The molecule has 150 valence electrons. The van der Waals surface area contributed by atoms with Gasteiger partial charge in [0.2, 0.25) is 5.91 Å². The van der Waals surface area contributed by atoms with Crippen molar-refractivity contribution >= 4 is 28.6 Å². The fraction of sp³-hybridized carbons (Fsp3) is 0.375. The molecule has 2 aromatic carbocycles. The Labute approximate surface area is 176 Å². The highest BCUT2D eigenvalue weighted by Gasteiger charge is 2.24. The van der Waals surface area contributed by atoms with E-state index in [1.165, 1.54) is 18.4 Å². The monoisotopic (exact) mass is 405 g/mol. The summed E-state index contributed by atoms with van der Waals surface area (Å²) >= 11 is 1.56. The lowest BCUT2D eigenvalue weighted by molar-refractivity contribution is -0.130. The van der Waals surface area contributed by atoms with Gasteiger partial charge in [0.05, 0.1) is 10.8 Å². The van der Waals surface area contributed by atoms with Crippen LogP contribution in [0.2, 0.25) is 0 Å². The molecule has 1 unspecified atom stereocenters. The maximum atomic E-state index is 13.1. The van der Waals surface area contributed by atoms with Crippen LogP contribution in [-0.2, 0) is 4.79 Å². The van der Waals surface area contributed by atoms with E-state index < -0.39 is 0 Å². The molecular weight excluding hydrogens is 378 g/mol. The number of benzene rings is 2. The summed E-state index contributed by atoms with van der Waals surface area (Å²) in [7, 11) is 0. The van der Waals surface area contributed by atoms with E-state index in [1.54, 1.807) is 11.8 Å². The van der Waals surface area contributed by atoms with Crippen molar-refractivity contribution in [3.63, 3.8) is 0 Å². The smallest absolute Gasteiger partial charge is 0.235 e. The Morgan fingerprint density at radius 2 is 1.72 bits per heavy atom. The van der Waals surface area contributed by atoms with Crippen LogP contribution in [0.1, 0.15) is 38.2 Å². The molecule has 29 heavy (non-hydrogen) atoms. The summed E-state index contributed by atoms with van der Waals surface area (Å²) in [6.07, 6.45) is 4.66. The van der Waals surface area contributed by atoms with Crippen LogP contribution in [0, 0.1) is 6.92 Å². The molecule has 1 aliphatic rings. The standard InChI is InChI=1S/C24H27N3OS/c1-17-12-13-21-20(16-17)23(26-22(25-21)19-10-6-5-7-11-19)29-18(2)24(28)27-14-8-3-4-9-15-27/h5-7,10-13,16,18H,3-4,8-9,14-15H2,1-2H3. The Hall–Kier alpha value is -2.40. The second-order valence-corrected chi connectivity index (χ2v) is 9.07. The number of thioether (sulfide) groups is 1. The first-order valence-corrected chi connectivity index (χ1v) is 11.3. The van der Waals surface area contributed by atoms with E-state index in [-0.39, 0.29) is 11.2 Å². The second kappa shape index (κ2) is 8.95. The van der Waals surface area contributed by atoms with Crippen LogP contribution >= 0.6 is 11.8 Å². The number of amides is 1. The predicted molar refractivity (Wildman–Crippen MR) is 120 cm³/mol. The summed E-state index contributed by atoms with van der Waals surface area (Å²) in [6.45, 7) is 5.83. The van der Waals surface area contributed by atoms with E-state index >= 15 is 0 Å². The quantitative estimate of drug-likeness (QED) is 0.425. The maximum Gasteiger partial charge on any atom is 0.235 e. The number of likely N-dealkylation sites (tertiary alicyclic amines) is 1. The lowest BCUT2D eigenvalue weighted by Crippen LogP contribution is -2.37. The molecule has 5 heteroatoms. The molecule has 0 spiro atoms. The van der Waals surface area contributed by atoms with Crippen LogP contribution < -0.4 is 0 Å². The van der Waals surface area contributed by atoms with Gasteiger partial charge in [-0.05, 0) is 38.8 Å². The van der Waals surface area contributed by atoms with Gasteiger partial charge in [-0.1, -0.05) is 66.6 Å². The van der Waals surface area contributed by atoms with Gasteiger partial charge < -0.3 is 4.90 Å². The van der Waals surface area contributed by atoms with Gasteiger partial charge in [-0.2, -0.15) is 0 Å². The Morgan fingerprint density at radius 3 is 2.45 bits per heavy atom. The summed E-state index contributed by atoms with van der Waals surface area (Å²) in [6, 6.07) is 16.3. The largest absolute Gasteiger partial charge is 0.342 e. The van der Waals surface area contributed by atoms with Crippen molar-refractivity contribution < 1.29 is 4.79 Å². The number of nitrogens with zero attached hydrogens (tertiary/aromatic N) is 3. The van der Waals surface area contributed by atoms with Crippen LogP contribution in [-0.4, -0.2) is 39.1 Å². The summed E-state index contributed by atoms with van der Waals surface area (Å²) in [5.74, 6) is 0.927. The average Bonchev–Trinajstić information content (AvgIpc) is 3.03. The molecule has 4 nitrogen and oxygen atoms in total. The average molecular weight is 406 g/mol. The molecule has 0 saturated carbocycles. The molecular formula is C24H27N3OS. The van der Waals surface area contributed by atoms with E-state index in [4.69, 9.17) is 9.97 Å². The van der Waals surface area contributed by atoms with Crippen molar-refractivity contribution in [3.8, 4) is 11.4 Å². The van der Waals surface area contributed by atoms with Crippen molar-refractivity contribution in [1.82, 2.24) is 14.9 Å². The third kappa shape index (κ3) is 4.61. The second-order valence-electron chi connectivity index (χ2n) is 7.74. The molecule has 0 radical (unpaired) electrons. The number of hydrogen-bond acceptors (Lipinski definition) is 4. The number of aromatic nitrogens is 2. The molecule has 2 heterocycles. The van der Waals surface area contributed by atoms with E-state index in [9.17, 15) is 4.79 Å². The topological polar surface area (TPSA) is 46.1 Å².